The van der Waals surface area contributed by atoms with Crippen LogP contribution in [0.3, 0.4) is 0 Å². The topological polar surface area (TPSA) is 53.6 Å². The monoisotopic (exact) mass is 227 g/mol. The first-order chi connectivity index (χ1) is 7.86. The first-order valence-electron chi connectivity index (χ1n) is 6.19. The van der Waals surface area contributed by atoms with E-state index in [0.717, 1.165) is 52.1 Å². The van der Waals surface area contributed by atoms with Gasteiger partial charge in [-0.25, -0.2) is 0 Å². The van der Waals surface area contributed by atoms with E-state index in [2.05, 4.69) is 15.5 Å². The van der Waals surface area contributed by atoms with E-state index in [0.29, 0.717) is 6.61 Å². The second-order valence-corrected chi connectivity index (χ2v) is 4.41. The number of carbonyl (C=O) groups is 1. The van der Waals surface area contributed by atoms with Gasteiger partial charge in [0.05, 0.1) is 0 Å². The molecular weight excluding hydrogens is 206 g/mol. The largest absolute Gasteiger partial charge is 0.463 e. The summed E-state index contributed by atoms with van der Waals surface area (Å²) < 4.78 is 5.27. The fraction of sp³-hybridized carbons (Fsp3) is 0.909. The highest BCUT2D eigenvalue weighted by atomic mass is 16.5. The third kappa shape index (κ3) is 3.43. The van der Waals surface area contributed by atoms with E-state index in [-0.39, 0.29) is 12.0 Å². The number of esters is 1. The smallest absolute Gasteiger partial charge is 0.323 e. The molecule has 92 valence electrons. The molecule has 1 atom stereocenters. The molecular formula is C11H21N3O2. The van der Waals surface area contributed by atoms with E-state index >= 15 is 0 Å². The SMILES string of the molecule is O=C(OCCN1CCNCC1)C1CCCN1. The van der Waals surface area contributed by atoms with Crippen LogP contribution >= 0.6 is 0 Å². The molecule has 2 heterocycles. The van der Waals surface area contributed by atoms with Gasteiger partial charge in [-0.3, -0.25) is 9.69 Å². The summed E-state index contributed by atoms with van der Waals surface area (Å²) in [5.41, 5.74) is 0. The van der Waals surface area contributed by atoms with E-state index in [4.69, 9.17) is 4.74 Å². The second kappa shape index (κ2) is 6.18. The van der Waals surface area contributed by atoms with Gasteiger partial charge in [0.15, 0.2) is 0 Å². The molecule has 0 amide bonds. The average molecular weight is 227 g/mol. The summed E-state index contributed by atoms with van der Waals surface area (Å²) in [5.74, 6) is -0.0763. The standard InChI is InChI=1S/C11H21N3O2/c15-11(10-2-1-3-13-10)16-9-8-14-6-4-12-5-7-14/h10,12-13H,1-9H2. The summed E-state index contributed by atoms with van der Waals surface area (Å²) >= 11 is 0. The van der Waals surface area contributed by atoms with Gasteiger partial charge in [-0.15, -0.1) is 0 Å². The van der Waals surface area contributed by atoms with Crippen LogP contribution in [0.2, 0.25) is 0 Å². The van der Waals surface area contributed by atoms with Crippen molar-refractivity contribution in [1.29, 1.82) is 0 Å². The number of rotatable bonds is 4. The predicted octanol–water partition coefficient (Wildman–Crippen LogP) is -0.813. The molecule has 0 radical (unpaired) electrons. The van der Waals surface area contributed by atoms with Crippen LogP contribution in [0.1, 0.15) is 12.8 Å². The molecule has 2 saturated heterocycles. The summed E-state index contributed by atoms with van der Waals surface area (Å²) in [7, 11) is 0. The lowest BCUT2D eigenvalue weighted by atomic mass is 10.2. The number of ether oxygens (including phenoxy) is 1. The van der Waals surface area contributed by atoms with Crippen molar-refractivity contribution in [3.63, 3.8) is 0 Å². The summed E-state index contributed by atoms with van der Waals surface area (Å²) in [5, 5.41) is 6.45. The van der Waals surface area contributed by atoms with E-state index < -0.39 is 0 Å². The van der Waals surface area contributed by atoms with Crippen LogP contribution in [0.5, 0.6) is 0 Å². The van der Waals surface area contributed by atoms with Gasteiger partial charge in [0.2, 0.25) is 0 Å². The van der Waals surface area contributed by atoms with Crippen LogP contribution in [0.15, 0.2) is 0 Å². The van der Waals surface area contributed by atoms with Gasteiger partial charge in [-0.2, -0.15) is 0 Å². The molecule has 0 aromatic carbocycles. The lowest BCUT2D eigenvalue weighted by Gasteiger charge is -2.26. The van der Waals surface area contributed by atoms with Crippen molar-refractivity contribution in [2.75, 3.05) is 45.9 Å². The molecule has 16 heavy (non-hydrogen) atoms. The van der Waals surface area contributed by atoms with Gasteiger partial charge in [-0.05, 0) is 19.4 Å². The molecule has 1 unspecified atom stereocenters. The third-order valence-corrected chi connectivity index (χ3v) is 3.21. The van der Waals surface area contributed by atoms with Crippen LogP contribution in [-0.4, -0.2) is 62.8 Å². The molecule has 5 nitrogen and oxygen atoms in total. The Morgan fingerprint density at radius 2 is 2.12 bits per heavy atom. The highest BCUT2D eigenvalue weighted by molar-refractivity contribution is 5.76. The minimum Gasteiger partial charge on any atom is -0.463 e. The molecule has 0 aliphatic carbocycles. The fourth-order valence-corrected chi connectivity index (χ4v) is 2.20. The van der Waals surface area contributed by atoms with E-state index in [1.807, 2.05) is 0 Å². The summed E-state index contributed by atoms with van der Waals surface area (Å²) in [6.45, 7) is 6.52. The number of piperazine rings is 1. The van der Waals surface area contributed by atoms with Gasteiger partial charge >= 0.3 is 5.97 Å². The Kier molecular flexibility index (Phi) is 4.56. The number of nitrogens with one attached hydrogen (secondary N) is 2. The van der Waals surface area contributed by atoms with Crippen molar-refractivity contribution >= 4 is 5.97 Å². The van der Waals surface area contributed by atoms with Crippen molar-refractivity contribution in [3.05, 3.63) is 0 Å². The molecule has 0 bridgehead atoms. The molecule has 2 rings (SSSR count). The zero-order valence-electron chi connectivity index (χ0n) is 9.71. The van der Waals surface area contributed by atoms with Crippen molar-refractivity contribution < 1.29 is 9.53 Å². The third-order valence-electron chi connectivity index (χ3n) is 3.21. The van der Waals surface area contributed by atoms with E-state index in [1.54, 1.807) is 0 Å². The maximum Gasteiger partial charge on any atom is 0.323 e. The normalized spacial score (nSPS) is 26.9. The minimum absolute atomic E-state index is 0.0528. The van der Waals surface area contributed by atoms with Gasteiger partial charge in [0.25, 0.3) is 0 Å². The Labute approximate surface area is 96.5 Å². The Morgan fingerprint density at radius 1 is 1.31 bits per heavy atom. The van der Waals surface area contributed by atoms with Crippen molar-refractivity contribution in [2.45, 2.75) is 18.9 Å². The molecule has 2 fully saturated rings. The first kappa shape index (κ1) is 11.8. The van der Waals surface area contributed by atoms with Crippen molar-refractivity contribution in [2.24, 2.45) is 0 Å². The quantitative estimate of drug-likeness (QED) is 0.615. The zero-order chi connectivity index (χ0) is 11.2. The second-order valence-electron chi connectivity index (χ2n) is 4.41. The fourth-order valence-electron chi connectivity index (χ4n) is 2.20. The highest BCUT2D eigenvalue weighted by Gasteiger charge is 2.23. The Morgan fingerprint density at radius 3 is 2.81 bits per heavy atom. The van der Waals surface area contributed by atoms with Crippen LogP contribution in [0.4, 0.5) is 0 Å². The van der Waals surface area contributed by atoms with Crippen molar-refractivity contribution in [3.8, 4) is 0 Å². The molecule has 2 N–H and O–H groups in total. The Balaban J connectivity index is 1.57. The Bertz CT molecular complexity index is 223. The van der Waals surface area contributed by atoms with Gasteiger partial charge in [-0.1, -0.05) is 0 Å². The van der Waals surface area contributed by atoms with Crippen molar-refractivity contribution in [1.82, 2.24) is 15.5 Å². The zero-order valence-corrected chi connectivity index (χ0v) is 9.71. The number of carbonyl (C=O) groups excluding carboxylic acids is 1. The molecule has 2 aliphatic rings. The summed E-state index contributed by atoms with van der Waals surface area (Å²) in [4.78, 5) is 13.9. The van der Waals surface area contributed by atoms with E-state index in [9.17, 15) is 4.79 Å². The molecule has 0 spiro atoms. The molecule has 0 aromatic rings. The highest BCUT2D eigenvalue weighted by Crippen LogP contribution is 2.06. The van der Waals surface area contributed by atoms with Crippen LogP contribution < -0.4 is 10.6 Å². The minimum atomic E-state index is -0.0763. The predicted molar refractivity (Wildman–Crippen MR) is 61.3 cm³/mol. The van der Waals surface area contributed by atoms with Gasteiger partial charge in [0.1, 0.15) is 12.6 Å². The van der Waals surface area contributed by atoms with Crippen LogP contribution in [-0.2, 0) is 9.53 Å². The lowest BCUT2D eigenvalue weighted by Crippen LogP contribution is -2.45. The van der Waals surface area contributed by atoms with E-state index in [1.165, 1.54) is 0 Å². The molecule has 5 heteroatoms. The van der Waals surface area contributed by atoms with Gasteiger partial charge in [0, 0.05) is 32.7 Å². The summed E-state index contributed by atoms with van der Waals surface area (Å²) in [6.07, 6.45) is 2.00. The maximum absolute atomic E-state index is 11.6. The van der Waals surface area contributed by atoms with Crippen LogP contribution in [0, 0.1) is 0 Å². The number of hydrogen-bond donors (Lipinski definition) is 2. The molecule has 0 saturated carbocycles. The Hall–Kier alpha value is -0.650. The molecule has 2 aliphatic heterocycles. The number of nitrogens with zero attached hydrogens (tertiary/aromatic N) is 1. The maximum atomic E-state index is 11.6. The van der Waals surface area contributed by atoms with Gasteiger partial charge < -0.3 is 15.4 Å². The molecule has 0 aromatic heterocycles. The first-order valence-corrected chi connectivity index (χ1v) is 6.19. The summed E-state index contributed by atoms with van der Waals surface area (Å²) in [6, 6.07) is -0.0528. The van der Waals surface area contributed by atoms with Crippen LogP contribution in [0.25, 0.3) is 0 Å². The average Bonchev–Trinajstić information content (AvgIpc) is 2.84. The lowest BCUT2D eigenvalue weighted by molar-refractivity contribution is -0.146. The number of hydrogen-bond acceptors (Lipinski definition) is 5.